The highest BCUT2D eigenvalue weighted by atomic mass is 32.2. The number of nitrogens with two attached hydrogens (primary N) is 1. The number of hydrogen-bond donors (Lipinski definition) is 3. The molecule has 0 radical (unpaired) electrons. The van der Waals surface area contributed by atoms with Gasteiger partial charge in [-0.15, -0.1) is 0 Å². The van der Waals surface area contributed by atoms with E-state index in [1.807, 2.05) is 17.8 Å². The summed E-state index contributed by atoms with van der Waals surface area (Å²) in [5, 5.41) is 3.06. The Balaban J connectivity index is 2.05. The van der Waals surface area contributed by atoms with Gasteiger partial charge in [-0.1, -0.05) is 19.8 Å². The average molecular weight is 308 g/mol. The van der Waals surface area contributed by atoms with Gasteiger partial charge in [-0.25, -0.2) is 10.8 Å². The molecule has 0 saturated heterocycles. The third-order valence-corrected chi connectivity index (χ3v) is 5.48. The number of thioether (sulfide) groups is 1. The molecular weight excluding hydrogens is 284 g/mol. The maximum atomic E-state index is 12.4. The molecule has 5 nitrogen and oxygen atoms in total. The van der Waals surface area contributed by atoms with Gasteiger partial charge in [0.25, 0.3) is 5.91 Å². The number of amides is 1. The van der Waals surface area contributed by atoms with Crippen LogP contribution in [0.3, 0.4) is 0 Å². The smallest absolute Gasteiger partial charge is 0.251 e. The van der Waals surface area contributed by atoms with Crippen molar-refractivity contribution in [3.63, 3.8) is 0 Å². The second kappa shape index (κ2) is 7.13. The first-order chi connectivity index (χ1) is 10.1. The van der Waals surface area contributed by atoms with E-state index in [1.165, 1.54) is 19.3 Å². The van der Waals surface area contributed by atoms with E-state index in [9.17, 15) is 4.79 Å². The standard InChI is InChI=1S/C15H24N4OS/c1-3-5-12-8-11(9-13(18-12)19-16)14(20)17-10-15(21-2)6-4-7-15/h8-9H,3-7,10,16H2,1-2H3,(H,17,20)(H,18,19). The van der Waals surface area contributed by atoms with Gasteiger partial charge in [-0.05, 0) is 37.7 Å². The minimum atomic E-state index is -0.0495. The van der Waals surface area contributed by atoms with Crippen LogP contribution in [-0.4, -0.2) is 28.4 Å². The Morgan fingerprint density at radius 3 is 2.76 bits per heavy atom. The number of aromatic nitrogens is 1. The Morgan fingerprint density at radius 1 is 1.48 bits per heavy atom. The fraction of sp³-hybridized carbons (Fsp3) is 0.600. The number of anilines is 1. The summed E-state index contributed by atoms with van der Waals surface area (Å²) in [6.45, 7) is 2.81. The van der Waals surface area contributed by atoms with E-state index in [2.05, 4.69) is 28.9 Å². The van der Waals surface area contributed by atoms with Gasteiger partial charge in [0.05, 0.1) is 0 Å². The van der Waals surface area contributed by atoms with Crippen molar-refractivity contribution in [1.29, 1.82) is 0 Å². The van der Waals surface area contributed by atoms with Gasteiger partial charge in [0.15, 0.2) is 0 Å². The van der Waals surface area contributed by atoms with E-state index in [-0.39, 0.29) is 10.7 Å². The maximum Gasteiger partial charge on any atom is 0.251 e. The zero-order chi connectivity index (χ0) is 15.3. The molecule has 0 bridgehead atoms. The third kappa shape index (κ3) is 3.89. The van der Waals surface area contributed by atoms with Crippen LogP contribution in [0, 0.1) is 0 Å². The highest BCUT2D eigenvalue weighted by molar-refractivity contribution is 8.00. The molecule has 1 aromatic rings. The molecule has 0 aromatic carbocycles. The molecule has 4 N–H and O–H groups in total. The number of hydrogen-bond acceptors (Lipinski definition) is 5. The zero-order valence-electron chi connectivity index (χ0n) is 12.7. The second-order valence-electron chi connectivity index (χ2n) is 5.55. The van der Waals surface area contributed by atoms with Crippen molar-refractivity contribution in [2.45, 2.75) is 43.8 Å². The van der Waals surface area contributed by atoms with Crippen LogP contribution >= 0.6 is 11.8 Å². The van der Waals surface area contributed by atoms with Crippen molar-refractivity contribution in [2.75, 3.05) is 18.2 Å². The predicted molar refractivity (Wildman–Crippen MR) is 88.5 cm³/mol. The molecule has 0 spiro atoms. The molecule has 0 atom stereocenters. The lowest BCUT2D eigenvalue weighted by Crippen LogP contribution is -2.45. The molecule has 116 valence electrons. The highest BCUT2D eigenvalue weighted by Crippen LogP contribution is 2.42. The molecule has 0 aliphatic heterocycles. The molecule has 0 unspecified atom stereocenters. The van der Waals surface area contributed by atoms with Gasteiger partial charge in [0.2, 0.25) is 0 Å². The first kappa shape index (κ1) is 16.1. The number of carbonyl (C=O) groups excluding carboxylic acids is 1. The zero-order valence-corrected chi connectivity index (χ0v) is 13.6. The van der Waals surface area contributed by atoms with Gasteiger partial charge < -0.3 is 10.7 Å². The number of pyridine rings is 1. The summed E-state index contributed by atoms with van der Waals surface area (Å²) < 4.78 is 0.240. The number of rotatable bonds is 7. The topological polar surface area (TPSA) is 80.0 Å². The molecule has 1 aliphatic carbocycles. The van der Waals surface area contributed by atoms with Crippen LogP contribution < -0.4 is 16.6 Å². The van der Waals surface area contributed by atoms with E-state index in [0.29, 0.717) is 11.4 Å². The Bertz CT molecular complexity index is 497. The average Bonchev–Trinajstić information content (AvgIpc) is 2.46. The largest absolute Gasteiger partial charge is 0.351 e. The minimum Gasteiger partial charge on any atom is -0.351 e. The molecule has 1 aliphatic rings. The van der Waals surface area contributed by atoms with E-state index < -0.39 is 0 Å². The lowest BCUT2D eigenvalue weighted by molar-refractivity contribution is 0.0943. The Hall–Kier alpha value is -1.27. The molecule has 1 amide bonds. The number of carbonyl (C=O) groups is 1. The van der Waals surface area contributed by atoms with Crippen LogP contribution in [0.5, 0.6) is 0 Å². The molecule has 2 rings (SSSR count). The first-order valence-corrected chi connectivity index (χ1v) is 8.66. The van der Waals surface area contributed by atoms with Crippen molar-refractivity contribution >= 4 is 23.5 Å². The fourth-order valence-electron chi connectivity index (χ4n) is 2.54. The van der Waals surface area contributed by atoms with Crippen LogP contribution in [0.15, 0.2) is 12.1 Å². The maximum absolute atomic E-state index is 12.4. The molecular formula is C15H24N4OS. The van der Waals surface area contributed by atoms with Crippen molar-refractivity contribution in [2.24, 2.45) is 5.84 Å². The Labute approximate surface area is 130 Å². The fourth-order valence-corrected chi connectivity index (χ4v) is 3.46. The Morgan fingerprint density at radius 2 is 2.24 bits per heavy atom. The monoisotopic (exact) mass is 308 g/mol. The van der Waals surface area contributed by atoms with Crippen molar-refractivity contribution in [3.8, 4) is 0 Å². The lowest BCUT2D eigenvalue weighted by Gasteiger charge is -2.40. The molecule has 21 heavy (non-hydrogen) atoms. The van der Waals surface area contributed by atoms with Gasteiger partial charge in [0, 0.05) is 22.5 Å². The van der Waals surface area contributed by atoms with Gasteiger partial charge in [-0.2, -0.15) is 11.8 Å². The number of nitrogens with zero attached hydrogens (tertiary/aromatic N) is 1. The van der Waals surface area contributed by atoms with Crippen molar-refractivity contribution in [1.82, 2.24) is 10.3 Å². The number of hydrazine groups is 1. The quantitative estimate of drug-likeness (QED) is 0.532. The van der Waals surface area contributed by atoms with E-state index in [0.717, 1.165) is 25.1 Å². The normalized spacial score (nSPS) is 16.1. The predicted octanol–water partition coefficient (Wildman–Crippen LogP) is 2.34. The van der Waals surface area contributed by atoms with Crippen LogP contribution in [0.4, 0.5) is 5.82 Å². The molecule has 1 fully saturated rings. The Kier molecular flexibility index (Phi) is 5.47. The first-order valence-electron chi connectivity index (χ1n) is 7.43. The number of nitrogen functional groups attached to an aromatic ring is 1. The van der Waals surface area contributed by atoms with E-state index in [4.69, 9.17) is 5.84 Å². The van der Waals surface area contributed by atoms with Crippen molar-refractivity contribution in [3.05, 3.63) is 23.4 Å². The highest BCUT2D eigenvalue weighted by Gasteiger charge is 2.36. The van der Waals surface area contributed by atoms with Gasteiger partial charge in [0.1, 0.15) is 5.82 Å². The van der Waals surface area contributed by atoms with Gasteiger partial charge >= 0.3 is 0 Å². The summed E-state index contributed by atoms with van der Waals surface area (Å²) in [4.78, 5) is 16.7. The molecule has 1 heterocycles. The van der Waals surface area contributed by atoms with Gasteiger partial charge in [-0.3, -0.25) is 4.79 Å². The molecule has 1 saturated carbocycles. The third-order valence-electron chi connectivity index (χ3n) is 4.06. The minimum absolute atomic E-state index is 0.0495. The van der Waals surface area contributed by atoms with E-state index >= 15 is 0 Å². The second-order valence-corrected chi connectivity index (χ2v) is 6.82. The lowest BCUT2D eigenvalue weighted by atomic mass is 9.84. The van der Waals surface area contributed by atoms with Crippen LogP contribution in [0.2, 0.25) is 0 Å². The van der Waals surface area contributed by atoms with Crippen LogP contribution in [0.1, 0.15) is 48.7 Å². The molecule has 6 heteroatoms. The summed E-state index contributed by atoms with van der Waals surface area (Å²) >= 11 is 1.86. The summed E-state index contributed by atoms with van der Waals surface area (Å²) in [6.07, 6.45) is 7.56. The van der Waals surface area contributed by atoms with Crippen LogP contribution in [-0.2, 0) is 6.42 Å². The van der Waals surface area contributed by atoms with Crippen LogP contribution in [0.25, 0.3) is 0 Å². The summed E-state index contributed by atoms with van der Waals surface area (Å²) in [5.41, 5.74) is 4.04. The number of nitrogens with one attached hydrogen (secondary N) is 2. The summed E-state index contributed by atoms with van der Waals surface area (Å²) in [7, 11) is 0. The molecule has 1 aromatic heterocycles. The van der Waals surface area contributed by atoms with Crippen molar-refractivity contribution < 1.29 is 4.79 Å². The summed E-state index contributed by atoms with van der Waals surface area (Å²) in [6, 6.07) is 3.55. The number of aryl methyl sites for hydroxylation is 1. The summed E-state index contributed by atoms with van der Waals surface area (Å²) in [5.74, 6) is 5.92. The van der Waals surface area contributed by atoms with E-state index in [1.54, 1.807) is 6.07 Å². The SMILES string of the molecule is CCCc1cc(C(=O)NCC2(SC)CCC2)cc(NN)n1.